The second kappa shape index (κ2) is 6.52. The summed E-state index contributed by atoms with van der Waals surface area (Å²) in [5.74, 6) is 0.298. The van der Waals surface area contributed by atoms with E-state index in [1.807, 2.05) is 36.4 Å². The van der Waals surface area contributed by atoms with Gasteiger partial charge in [0.15, 0.2) is 5.65 Å². The van der Waals surface area contributed by atoms with Gasteiger partial charge in [0, 0.05) is 12.7 Å². The van der Waals surface area contributed by atoms with Crippen LogP contribution in [0.25, 0.3) is 5.65 Å². The number of pyridine rings is 1. The highest BCUT2D eigenvalue weighted by Crippen LogP contribution is 2.30. The van der Waals surface area contributed by atoms with E-state index >= 15 is 0 Å². The van der Waals surface area contributed by atoms with Crippen LogP contribution in [0.3, 0.4) is 0 Å². The van der Waals surface area contributed by atoms with E-state index in [-0.39, 0.29) is 18.1 Å². The molecule has 0 aliphatic carbocycles. The van der Waals surface area contributed by atoms with E-state index in [4.69, 9.17) is 0 Å². The lowest BCUT2D eigenvalue weighted by Crippen LogP contribution is -2.41. The van der Waals surface area contributed by atoms with Crippen LogP contribution < -0.4 is 10.6 Å². The van der Waals surface area contributed by atoms with Crippen molar-refractivity contribution >= 4 is 17.6 Å². The zero-order valence-electron chi connectivity index (χ0n) is 14.0. The molecule has 1 saturated heterocycles. The van der Waals surface area contributed by atoms with Gasteiger partial charge in [0.05, 0.1) is 12.1 Å². The lowest BCUT2D eigenvalue weighted by Gasteiger charge is -2.26. The normalized spacial score (nSPS) is 20.7. The van der Waals surface area contributed by atoms with Gasteiger partial charge in [-0.05, 0) is 31.2 Å². The van der Waals surface area contributed by atoms with Gasteiger partial charge >= 0.3 is 6.03 Å². The summed E-state index contributed by atoms with van der Waals surface area (Å²) < 4.78 is 1.63. The zero-order valence-corrected chi connectivity index (χ0v) is 14.0. The Morgan fingerprint density at radius 2 is 1.96 bits per heavy atom. The molecular weight excluding hydrogens is 316 g/mol. The van der Waals surface area contributed by atoms with Crippen LogP contribution in [0, 0.1) is 0 Å². The highest BCUT2D eigenvalue weighted by atomic mass is 16.2. The summed E-state index contributed by atoms with van der Waals surface area (Å²) >= 11 is 0. The molecule has 7 heteroatoms. The van der Waals surface area contributed by atoms with Crippen LogP contribution in [0.15, 0.2) is 54.7 Å². The van der Waals surface area contributed by atoms with E-state index in [1.54, 1.807) is 10.7 Å². The number of hydrogen-bond donors (Lipinski definition) is 2. The van der Waals surface area contributed by atoms with E-state index in [1.165, 1.54) is 5.56 Å². The van der Waals surface area contributed by atoms with Crippen LogP contribution in [-0.4, -0.2) is 45.2 Å². The molecule has 25 heavy (non-hydrogen) atoms. The fraction of sp³-hybridized carbons (Fsp3) is 0.278. The van der Waals surface area contributed by atoms with Crippen molar-refractivity contribution in [2.75, 3.05) is 18.9 Å². The summed E-state index contributed by atoms with van der Waals surface area (Å²) in [6.45, 7) is 0.942. The summed E-state index contributed by atoms with van der Waals surface area (Å²) in [6.07, 6.45) is 2.70. The topological polar surface area (TPSA) is 74.6 Å². The van der Waals surface area contributed by atoms with Crippen molar-refractivity contribution < 1.29 is 4.79 Å². The molecule has 7 nitrogen and oxygen atoms in total. The molecule has 1 aliphatic rings. The predicted molar refractivity (Wildman–Crippen MR) is 95.4 cm³/mol. The Morgan fingerprint density at radius 3 is 2.76 bits per heavy atom. The molecule has 3 aromatic rings. The molecule has 0 bridgehead atoms. The lowest BCUT2D eigenvalue weighted by molar-refractivity contribution is 0.240. The van der Waals surface area contributed by atoms with Crippen LogP contribution >= 0.6 is 0 Å². The van der Waals surface area contributed by atoms with E-state index in [0.717, 1.165) is 13.0 Å². The number of benzene rings is 1. The Balaban J connectivity index is 1.46. The molecule has 3 heterocycles. The molecule has 0 unspecified atom stereocenters. The highest BCUT2D eigenvalue weighted by Gasteiger charge is 2.34. The maximum absolute atomic E-state index is 12.4. The van der Waals surface area contributed by atoms with Crippen LogP contribution in [0.5, 0.6) is 0 Å². The lowest BCUT2D eigenvalue weighted by atomic mass is 10.0. The van der Waals surface area contributed by atoms with Gasteiger partial charge in [0.25, 0.3) is 5.95 Å². The first-order valence-corrected chi connectivity index (χ1v) is 8.35. The molecule has 0 saturated carbocycles. The minimum absolute atomic E-state index is 0.0458. The van der Waals surface area contributed by atoms with Crippen molar-refractivity contribution in [1.29, 1.82) is 0 Å². The maximum atomic E-state index is 12.4. The second-order valence-electron chi connectivity index (χ2n) is 6.27. The molecule has 1 aliphatic heterocycles. The van der Waals surface area contributed by atoms with E-state index in [2.05, 4.69) is 44.8 Å². The number of nitrogens with zero attached hydrogens (tertiary/aromatic N) is 4. The number of carbonyl (C=O) groups is 1. The third-order valence-corrected chi connectivity index (χ3v) is 4.57. The zero-order chi connectivity index (χ0) is 17.2. The summed E-state index contributed by atoms with van der Waals surface area (Å²) in [6, 6.07) is 15.8. The van der Waals surface area contributed by atoms with Crippen molar-refractivity contribution in [1.82, 2.24) is 24.8 Å². The highest BCUT2D eigenvalue weighted by molar-refractivity contribution is 5.87. The number of amides is 2. The van der Waals surface area contributed by atoms with Crippen LogP contribution in [0.4, 0.5) is 10.7 Å². The quantitative estimate of drug-likeness (QED) is 0.770. The number of likely N-dealkylation sites (tertiary alicyclic amines) is 1. The number of urea groups is 1. The fourth-order valence-corrected chi connectivity index (χ4v) is 3.43. The number of likely N-dealkylation sites (N-methyl/N-ethyl adjacent to an activating group) is 1. The number of carbonyl (C=O) groups excluding carboxylic acids is 1. The minimum atomic E-state index is -0.280. The van der Waals surface area contributed by atoms with Crippen molar-refractivity contribution in [2.45, 2.75) is 18.5 Å². The summed E-state index contributed by atoms with van der Waals surface area (Å²) in [5.41, 5.74) is 1.90. The van der Waals surface area contributed by atoms with Gasteiger partial charge in [0.1, 0.15) is 0 Å². The number of rotatable bonds is 3. The van der Waals surface area contributed by atoms with Crippen LogP contribution in [-0.2, 0) is 0 Å². The van der Waals surface area contributed by atoms with Gasteiger partial charge in [-0.3, -0.25) is 10.2 Å². The predicted octanol–water partition coefficient (Wildman–Crippen LogP) is 2.30. The Morgan fingerprint density at radius 1 is 1.16 bits per heavy atom. The summed E-state index contributed by atoms with van der Waals surface area (Å²) in [5, 5.41) is 10.0. The molecule has 128 valence electrons. The molecule has 2 atom stereocenters. The minimum Gasteiger partial charge on any atom is -0.333 e. The molecule has 2 N–H and O–H groups in total. The molecular formula is C18H20N6O. The average Bonchev–Trinajstić information content (AvgIpc) is 3.18. The Hall–Kier alpha value is -2.93. The number of fused-ring (bicyclic) bond motifs is 1. The molecule has 0 spiro atoms. The average molecular weight is 336 g/mol. The Bertz CT molecular complexity index is 844. The third-order valence-electron chi connectivity index (χ3n) is 4.57. The SMILES string of the molecule is CN1CC[C@@H](NC(=O)Nc2nc3ccccn3n2)[C@H]1c1ccccc1. The number of aromatic nitrogens is 3. The Labute approximate surface area is 145 Å². The van der Waals surface area contributed by atoms with Gasteiger partial charge in [-0.1, -0.05) is 36.4 Å². The monoisotopic (exact) mass is 336 g/mol. The van der Waals surface area contributed by atoms with Crippen molar-refractivity contribution in [2.24, 2.45) is 0 Å². The summed E-state index contributed by atoms with van der Waals surface area (Å²) in [7, 11) is 2.08. The number of nitrogens with one attached hydrogen (secondary N) is 2. The van der Waals surface area contributed by atoms with Gasteiger partial charge in [-0.2, -0.15) is 4.98 Å². The van der Waals surface area contributed by atoms with Crippen LogP contribution in [0.1, 0.15) is 18.0 Å². The maximum Gasteiger partial charge on any atom is 0.321 e. The number of anilines is 1. The molecule has 1 aromatic carbocycles. The van der Waals surface area contributed by atoms with Crippen molar-refractivity contribution in [3.8, 4) is 0 Å². The van der Waals surface area contributed by atoms with E-state index in [9.17, 15) is 4.79 Å². The fourth-order valence-electron chi connectivity index (χ4n) is 3.43. The van der Waals surface area contributed by atoms with E-state index in [0.29, 0.717) is 11.6 Å². The molecule has 0 radical (unpaired) electrons. The van der Waals surface area contributed by atoms with Crippen molar-refractivity contribution in [3.05, 3.63) is 60.3 Å². The molecule has 2 amide bonds. The number of hydrogen-bond acceptors (Lipinski definition) is 4. The first kappa shape index (κ1) is 15.6. The molecule has 4 rings (SSSR count). The van der Waals surface area contributed by atoms with Gasteiger partial charge in [-0.25, -0.2) is 9.31 Å². The van der Waals surface area contributed by atoms with Gasteiger partial charge in [0.2, 0.25) is 0 Å². The molecule has 2 aromatic heterocycles. The largest absolute Gasteiger partial charge is 0.333 e. The van der Waals surface area contributed by atoms with Crippen LogP contribution in [0.2, 0.25) is 0 Å². The Kier molecular flexibility index (Phi) is 4.07. The first-order valence-electron chi connectivity index (χ1n) is 8.35. The van der Waals surface area contributed by atoms with E-state index < -0.39 is 0 Å². The molecule has 1 fully saturated rings. The van der Waals surface area contributed by atoms with Gasteiger partial charge < -0.3 is 5.32 Å². The smallest absolute Gasteiger partial charge is 0.321 e. The third kappa shape index (κ3) is 3.18. The standard InChI is InChI=1S/C18H20N6O/c1-23-12-10-14(16(23)13-7-3-2-4-8-13)19-18(25)21-17-20-15-9-5-6-11-24(15)22-17/h2-9,11,14,16H,10,12H2,1H3,(H2,19,21,22,25)/t14-,16-/m1/s1. The summed E-state index contributed by atoms with van der Waals surface area (Å²) in [4.78, 5) is 19.0. The first-order chi connectivity index (χ1) is 12.2. The van der Waals surface area contributed by atoms with Crippen molar-refractivity contribution in [3.63, 3.8) is 0 Å². The van der Waals surface area contributed by atoms with Gasteiger partial charge in [-0.15, -0.1) is 5.10 Å². The second-order valence-corrected chi connectivity index (χ2v) is 6.27.